The number of nitrogens with zero attached hydrogens (tertiary/aromatic N) is 4. The molecule has 1 fully saturated rings. The summed E-state index contributed by atoms with van der Waals surface area (Å²) in [5, 5.41) is 33.2. The summed E-state index contributed by atoms with van der Waals surface area (Å²) in [5.74, 6) is -0.640. The monoisotopic (exact) mass is 582 g/mol. The first-order chi connectivity index (χ1) is 18.7. The average Bonchev–Trinajstić information content (AvgIpc) is 3.62. The maximum atomic E-state index is 13.0. The zero-order valence-electron chi connectivity index (χ0n) is 20.9. The zero-order chi connectivity index (χ0) is 27.6. The van der Waals surface area contributed by atoms with E-state index in [1.165, 1.54) is 44.9 Å². The van der Waals surface area contributed by atoms with Crippen molar-refractivity contribution in [1.29, 1.82) is 0 Å². The van der Waals surface area contributed by atoms with Crippen LogP contribution in [0, 0.1) is 0 Å². The van der Waals surface area contributed by atoms with E-state index in [0.29, 0.717) is 31.2 Å². The number of amides is 2. The van der Waals surface area contributed by atoms with E-state index in [0.717, 1.165) is 0 Å². The van der Waals surface area contributed by atoms with Gasteiger partial charge in [-0.1, -0.05) is 102 Å². The minimum absolute atomic E-state index is 0.0143. The van der Waals surface area contributed by atoms with Gasteiger partial charge in [-0.25, -0.2) is 10.0 Å². The van der Waals surface area contributed by atoms with Crippen LogP contribution in [0.4, 0.5) is 0 Å². The number of rotatable bonds is 8. The molecule has 3 heterocycles. The molecule has 4 N–H and O–H groups in total. The number of allylic oxidation sites excluding steroid dienone is 1. The Hall–Kier alpha value is -3.36. The minimum atomic E-state index is -1.60. The third kappa shape index (κ3) is 5.54. The number of nitrogens with one attached hydrogen (secondary N) is 2. The van der Waals surface area contributed by atoms with Gasteiger partial charge in [0.1, 0.15) is 0 Å². The maximum absolute atomic E-state index is 13.0. The van der Waals surface area contributed by atoms with Crippen molar-refractivity contribution in [3.05, 3.63) is 95.8 Å². The Morgan fingerprint density at radius 1 is 0.923 bits per heavy atom. The fraction of sp³-hybridized carbons (Fsp3) is 0.231. The summed E-state index contributed by atoms with van der Waals surface area (Å²) < 4.78 is 1.11. The number of aromatic nitrogens is 2. The molecule has 3 aromatic rings. The highest BCUT2D eigenvalue weighted by molar-refractivity contribution is 8.03. The van der Waals surface area contributed by atoms with Crippen LogP contribution in [-0.2, 0) is 21.0 Å². The molecule has 2 aliphatic rings. The van der Waals surface area contributed by atoms with Crippen LogP contribution in [0.25, 0.3) is 0 Å². The summed E-state index contributed by atoms with van der Waals surface area (Å²) in [6.45, 7) is 5.65. The van der Waals surface area contributed by atoms with E-state index in [-0.39, 0.29) is 29.7 Å². The van der Waals surface area contributed by atoms with E-state index >= 15 is 0 Å². The lowest BCUT2D eigenvalue weighted by atomic mass is 9.99. The van der Waals surface area contributed by atoms with Gasteiger partial charge in [-0.2, -0.15) is 0 Å². The first-order valence-corrected chi connectivity index (χ1v) is 14.7. The van der Waals surface area contributed by atoms with Crippen LogP contribution in [-0.4, -0.2) is 53.7 Å². The van der Waals surface area contributed by atoms with Crippen LogP contribution in [0.15, 0.2) is 93.4 Å². The minimum Gasteiger partial charge on any atom is -0.365 e. The van der Waals surface area contributed by atoms with Crippen molar-refractivity contribution >= 4 is 46.7 Å². The van der Waals surface area contributed by atoms with Crippen molar-refractivity contribution in [3.8, 4) is 0 Å². The number of hydrazine groups is 2. The van der Waals surface area contributed by atoms with Crippen molar-refractivity contribution < 1.29 is 19.8 Å². The topological polar surface area (TPSA) is 131 Å². The highest BCUT2D eigenvalue weighted by atomic mass is 32.2. The van der Waals surface area contributed by atoms with E-state index in [1.54, 1.807) is 61.5 Å². The van der Waals surface area contributed by atoms with Gasteiger partial charge in [-0.05, 0) is 13.0 Å². The van der Waals surface area contributed by atoms with Crippen molar-refractivity contribution in [1.82, 2.24) is 31.1 Å². The van der Waals surface area contributed by atoms with Crippen LogP contribution in [0.3, 0.4) is 0 Å². The quantitative estimate of drug-likeness (QED) is 0.294. The summed E-state index contributed by atoms with van der Waals surface area (Å²) in [6, 6.07) is 17.9. The summed E-state index contributed by atoms with van der Waals surface area (Å²) in [4.78, 5) is 26.1. The van der Waals surface area contributed by atoms with Crippen molar-refractivity contribution in [3.63, 3.8) is 0 Å². The van der Waals surface area contributed by atoms with Crippen LogP contribution >= 0.6 is 34.9 Å². The number of carbonyl (C=O) groups is 2. The molecule has 2 aliphatic heterocycles. The lowest BCUT2D eigenvalue weighted by Crippen LogP contribution is -2.51. The van der Waals surface area contributed by atoms with Gasteiger partial charge in [0.05, 0.1) is 11.5 Å². The molecule has 1 saturated heterocycles. The molecule has 2 amide bonds. The van der Waals surface area contributed by atoms with Gasteiger partial charge < -0.3 is 10.2 Å². The Morgan fingerprint density at radius 3 is 2.05 bits per heavy atom. The molecule has 0 radical (unpaired) electrons. The Kier molecular flexibility index (Phi) is 7.69. The van der Waals surface area contributed by atoms with Crippen molar-refractivity contribution in [2.24, 2.45) is 0 Å². The SMILES string of the molecule is C=C1C[C@](O)(c2ccccc2)N(C(=O)CSc2nnc(SCC(=O)N3NC(C)=C[C@]3(O)c3ccccc3)s2)N1. The molecule has 0 unspecified atom stereocenters. The molecule has 13 heteroatoms. The number of benzene rings is 2. The molecule has 39 heavy (non-hydrogen) atoms. The molecule has 0 bridgehead atoms. The average molecular weight is 583 g/mol. The Bertz CT molecular complexity index is 1420. The fourth-order valence-corrected chi connectivity index (χ4v) is 7.09. The third-order valence-corrected chi connectivity index (χ3v) is 9.27. The number of aliphatic hydroxyl groups is 2. The molecule has 0 saturated carbocycles. The second kappa shape index (κ2) is 11.0. The van der Waals surface area contributed by atoms with Gasteiger partial charge >= 0.3 is 0 Å². The van der Waals surface area contributed by atoms with Gasteiger partial charge in [0.15, 0.2) is 14.4 Å². The molecule has 5 rings (SSSR count). The molecule has 2 atom stereocenters. The van der Waals surface area contributed by atoms with E-state index in [1.807, 2.05) is 12.1 Å². The standard InChI is InChI=1S/C26H26N6O4S3/c1-17-13-25(35,19-9-5-3-6-10-19)31(29-17)21(33)15-37-23-27-28-24(39-23)38-16-22(34)32-26(36,14-18(2)30-32)20-11-7-4-8-12-20/h3-12,14,29-30,35-36H,1,13,15-16H2,2H3/t25-,26-/m0/s1. The second-order valence-electron chi connectivity index (χ2n) is 8.98. The number of thioether (sulfide) groups is 2. The smallest absolute Gasteiger partial charge is 0.254 e. The first-order valence-electron chi connectivity index (χ1n) is 11.9. The molecule has 10 nitrogen and oxygen atoms in total. The van der Waals surface area contributed by atoms with E-state index in [9.17, 15) is 19.8 Å². The summed E-state index contributed by atoms with van der Waals surface area (Å²) >= 11 is 3.65. The lowest BCUT2D eigenvalue weighted by Gasteiger charge is -2.32. The Labute approximate surface area is 237 Å². The van der Waals surface area contributed by atoms with Crippen LogP contribution in [0.2, 0.25) is 0 Å². The molecule has 2 aromatic carbocycles. The van der Waals surface area contributed by atoms with Gasteiger partial charge in [0, 0.05) is 28.9 Å². The lowest BCUT2D eigenvalue weighted by molar-refractivity contribution is -0.158. The number of hydrogen-bond donors (Lipinski definition) is 4. The Balaban J connectivity index is 1.17. The fourth-order valence-electron chi connectivity index (χ4n) is 4.37. The predicted molar refractivity (Wildman–Crippen MR) is 150 cm³/mol. The van der Waals surface area contributed by atoms with Crippen LogP contribution in [0.1, 0.15) is 24.5 Å². The first kappa shape index (κ1) is 27.2. The van der Waals surface area contributed by atoms with E-state index in [4.69, 9.17) is 0 Å². The summed E-state index contributed by atoms with van der Waals surface area (Å²) in [7, 11) is 0. The Morgan fingerprint density at radius 2 is 1.46 bits per heavy atom. The molecule has 202 valence electrons. The van der Waals surface area contributed by atoms with Gasteiger partial charge in [0.2, 0.25) is 5.72 Å². The molecular formula is C26H26N6O4S3. The normalized spacial score (nSPS) is 22.4. The summed E-state index contributed by atoms with van der Waals surface area (Å²) in [6.07, 6.45) is 1.78. The second-order valence-corrected chi connectivity index (χ2v) is 12.4. The number of carbonyl (C=O) groups excluding carboxylic acids is 2. The number of hydrogen-bond acceptors (Lipinski definition) is 11. The molecule has 1 aromatic heterocycles. The van der Waals surface area contributed by atoms with Gasteiger partial charge in [-0.15, -0.1) is 10.2 Å². The maximum Gasteiger partial charge on any atom is 0.254 e. The largest absolute Gasteiger partial charge is 0.365 e. The van der Waals surface area contributed by atoms with Crippen LogP contribution < -0.4 is 10.9 Å². The highest BCUT2D eigenvalue weighted by Crippen LogP contribution is 2.37. The van der Waals surface area contributed by atoms with Crippen LogP contribution in [0.5, 0.6) is 0 Å². The summed E-state index contributed by atoms with van der Waals surface area (Å²) in [5.41, 5.74) is 5.05. The predicted octanol–water partition coefficient (Wildman–Crippen LogP) is 2.91. The van der Waals surface area contributed by atoms with Crippen molar-refractivity contribution in [2.45, 2.75) is 33.5 Å². The third-order valence-electron chi connectivity index (χ3n) is 6.11. The van der Waals surface area contributed by atoms with E-state index in [2.05, 4.69) is 27.6 Å². The van der Waals surface area contributed by atoms with Gasteiger partial charge in [-0.3, -0.25) is 20.4 Å². The van der Waals surface area contributed by atoms with Gasteiger partial charge in [0.25, 0.3) is 11.8 Å². The zero-order valence-corrected chi connectivity index (χ0v) is 23.4. The molecule has 0 aliphatic carbocycles. The van der Waals surface area contributed by atoms with E-state index < -0.39 is 11.4 Å². The van der Waals surface area contributed by atoms with Crippen molar-refractivity contribution in [2.75, 3.05) is 11.5 Å². The molecular weight excluding hydrogens is 557 g/mol. The molecule has 0 spiro atoms. The highest BCUT2D eigenvalue weighted by Gasteiger charge is 2.46.